The molecule has 5 amide bonds. The molecule has 0 unspecified atom stereocenters. The lowest BCUT2D eigenvalue weighted by Crippen LogP contribution is -2.24. The summed E-state index contributed by atoms with van der Waals surface area (Å²) in [7, 11) is 6.64. The molecule has 288 valence electrons. The Morgan fingerprint density at radius 1 is 0.482 bits per heavy atom. The average Bonchev–Trinajstić information content (AvgIpc) is 3.62. The van der Waals surface area contributed by atoms with Crippen LogP contribution in [-0.4, -0.2) is 97.9 Å². The molecule has 0 radical (unpaired) electrons. The molecular formula is C35H28N6O15. The third kappa shape index (κ3) is 6.89. The van der Waals surface area contributed by atoms with Gasteiger partial charge in [-0.25, -0.2) is 14.4 Å². The van der Waals surface area contributed by atoms with Crippen LogP contribution in [0.5, 0.6) is 0 Å². The van der Waals surface area contributed by atoms with Crippen molar-refractivity contribution in [1.82, 2.24) is 24.7 Å². The maximum atomic E-state index is 11.8. The van der Waals surface area contributed by atoms with Gasteiger partial charge in [-0.05, 0) is 36.4 Å². The second kappa shape index (κ2) is 15.1. The highest BCUT2D eigenvalue weighted by atomic mass is 16.4. The van der Waals surface area contributed by atoms with Gasteiger partial charge in [0.15, 0.2) is 0 Å². The highest BCUT2D eigenvalue weighted by Gasteiger charge is 2.35. The Hall–Kier alpha value is -8.10. The molecular weight excluding hydrogens is 744 g/mol. The number of primary amides is 1. The summed E-state index contributed by atoms with van der Waals surface area (Å²) in [5, 5.41) is 32.1. The number of carbonyl (C=O) groups is 8. The van der Waals surface area contributed by atoms with E-state index in [1.54, 1.807) is 0 Å². The van der Waals surface area contributed by atoms with Crippen LogP contribution in [0.4, 0.5) is 0 Å². The van der Waals surface area contributed by atoms with Gasteiger partial charge >= 0.3 is 17.9 Å². The van der Waals surface area contributed by atoms with Crippen molar-refractivity contribution >= 4 is 69.0 Å². The second-order valence-electron chi connectivity index (χ2n) is 11.8. The number of amides is 5. The zero-order valence-corrected chi connectivity index (χ0v) is 29.6. The van der Waals surface area contributed by atoms with Crippen LogP contribution in [0.2, 0.25) is 0 Å². The SMILES string of the molecule is CNC(=O)c1cc(C(N)=O)c(C(=O)O)cc1C(=O)O.CNC(=O)c1cc2c(cc1C(=O)O)C(=O)N(C)C2=O.Cn1c(=O)c2cc3c(=O)n(C)c(=O)c3cc2c1=O. The van der Waals surface area contributed by atoms with E-state index in [4.69, 9.17) is 21.1 Å². The minimum absolute atomic E-state index is 0.00227. The monoisotopic (exact) mass is 772 g/mol. The van der Waals surface area contributed by atoms with E-state index >= 15 is 0 Å². The molecule has 56 heavy (non-hydrogen) atoms. The fourth-order valence-electron chi connectivity index (χ4n) is 5.60. The normalized spacial score (nSPS) is 11.6. The van der Waals surface area contributed by atoms with Crippen LogP contribution >= 0.6 is 0 Å². The Labute approximate surface area is 310 Å². The van der Waals surface area contributed by atoms with Crippen molar-refractivity contribution in [2.75, 3.05) is 21.1 Å². The van der Waals surface area contributed by atoms with Gasteiger partial charge in [-0.1, -0.05) is 0 Å². The summed E-state index contributed by atoms with van der Waals surface area (Å²) in [5.41, 5.74) is 0.909. The largest absolute Gasteiger partial charge is 0.478 e. The van der Waals surface area contributed by atoms with E-state index in [2.05, 4.69) is 10.6 Å². The number of hydrogen-bond donors (Lipinski definition) is 6. The third-order valence-corrected chi connectivity index (χ3v) is 8.58. The number of nitrogens with zero attached hydrogens (tertiary/aromatic N) is 3. The van der Waals surface area contributed by atoms with Crippen molar-refractivity contribution in [2.24, 2.45) is 19.8 Å². The number of benzene rings is 3. The molecule has 3 heterocycles. The van der Waals surface area contributed by atoms with Gasteiger partial charge in [0.25, 0.3) is 45.9 Å². The molecule has 0 bridgehead atoms. The lowest BCUT2D eigenvalue weighted by Gasteiger charge is -2.09. The third-order valence-electron chi connectivity index (χ3n) is 8.58. The molecule has 6 rings (SSSR count). The number of aromatic nitrogens is 2. The Balaban J connectivity index is 0.000000186. The lowest BCUT2D eigenvalue weighted by molar-refractivity contribution is 0.0674. The Morgan fingerprint density at radius 2 is 0.768 bits per heavy atom. The van der Waals surface area contributed by atoms with Gasteiger partial charge in [-0.3, -0.25) is 57.2 Å². The average molecular weight is 773 g/mol. The van der Waals surface area contributed by atoms with E-state index in [9.17, 15) is 57.5 Å². The lowest BCUT2D eigenvalue weighted by atomic mass is 9.97. The first kappa shape index (κ1) is 40.7. The van der Waals surface area contributed by atoms with Crippen LogP contribution in [0.15, 0.2) is 55.6 Å². The highest BCUT2D eigenvalue weighted by Crippen LogP contribution is 2.26. The van der Waals surface area contributed by atoms with Gasteiger partial charge in [0.2, 0.25) is 5.91 Å². The summed E-state index contributed by atoms with van der Waals surface area (Å²) < 4.78 is 1.94. The van der Waals surface area contributed by atoms with Crippen molar-refractivity contribution in [3.05, 3.63) is 122 Å². The summed E-state index contributed by atoms with van der Waals surface area (Å²) >= 11 is 0. The molecule has 0 saturated carbocycles. The number of hydrogen-bond acceptors (Lipinski definition) is 12. The number of imide groups is 1. The minimum atomic E-state index is -1.51. The summed E-state index contributed by atoms with van der Waals surface area (Å²) in [6, 6.07) is 6.45. The second-order valence-corrected chi connectivity index (χ2v) is 11.8. The molecule has 3 aromatic carbocycles. The number of aromatic carboxylic acids is 3. The van der Waals surface area contributed by atoms with E-state index < -0.39 is 86.4 Å². The van der Waals surface area contributed by atoms with Crippen LogP contribution < -0.4 is 38.6 Å². The zero-order valence-electron chi connectivity index (χ0n) is 29.6. The number of carboxylic acids is 3. The number of fused-ring (bicyclic) bond motifs is 3. The van der Waals surface area contributed by atoms with E-state index in [0.29, 0.717) is 0 Å². The maximum absolute atomic E-state index is 11.8. The topological polar surface area (TPSA) is 329 Å². The van der Waals surface area contributed by atoms with Gasteiger partial charge in [-0.2, -0.15) is 0 Å². The van der Waals surface area contributed by atoms with Crippen LogP contribution in [-0.2, 0) is 14.1 Å². The van der Waals surface area contributed by atoms with Gasteiger partial charge in [-0.15, -0.1) is 0 Å². The minimum Gasteiger partial charge on any atom is -0.478 e. The van der Waals surface area contributed by atoms with Crippen molar-refractivity contribution in [3.8, 4) is 0 Å². The van der Waals surface area contributed by atoms with Crippen molar-refractivity contribution in [2.45, 2.75) is 0 Å². The highest BCUT2D eigenvalue weighted by molar-refractivity contribution is 6.23. The van der Waals surface area contributed by atoms with Crippen molar-refractivity contribution in [3.63, 3.8) is 0 Å². The predicted molar refractivity (Wildman–Crippen MR) is 192 cm³/mol. The molecule has 1 aliphatic rings. The first-order valence-electron chi connectivity index (χ1n) is 15.6. The van der Waals surface area contributed by atoms with E-state index in [1.807, 2.05) is 0 Å². The molecule has 1 aliphatic heterocycles. The molecule has 5 aromatic rings. The number of carboxylic acid groups (broad SMARTS) is 3. The maximum Gasteiger partial charge on any atom is 0.336 e. The van der Waals surface area contributed by atoms with Crippen LogP contribution in [0.25, 0.3) is 21.5 Å². The van der Waals surface area contributed by atoms with Crippen LogP contribution in [0.1, 0.15) is 82.9 Å². The van der Waals surface area contributed by atoms with Crippen LogP contribution in [0, 0.1) is 0 Å². The molecule has 21 nitrogen and oxygen atoms in total. The molecule has 7 N–H and O–H groups in total. The first-order valence-corrected chi connectivity index (χ1v) is 15.6. The number of carbonyl (C=O) groups excluding carboxylic acids is 5. The number of nitrogens with two attached hydrogens (primary N) is 1. The molecule has 0 aliphatic carbocycles. The molecule has 0 spiro atoms. The van der Waals surface area contributed by atoms with Gasteiger partial charge in [0.05, 0.1) is 66.1 Å². The Kier molecular flexibility index (Phi) is 11.0. The van der Waals surface area contributed by atoms with Crippen molar-refractivity contribution < 1.29 is 53.7 Å². The smallest absolute Gasteiger partial charge is 0.336 e. The van der Waals surface area contributed by atoms with Gasteiger partial charge in [0, 0.05) is 35.2 Å². The van der Waals surface area contributed by atoms with Gasteiger partial charge in [0.1, 0.15) is 0 Å². The van der Waals surface area contributed by atoms with Crippen LogP contribution in [0.3, 0.4) is 0 Å². The summed E-state index contributed by atoms with van der Waals surface area (Å²) in [5.74, 6) is -7.94. The number of nitrogens with one attached hydrogen (secondary N) is 2. The summed E-state index contributed by atoms with van der Waals surface area (Å²) in [6.45, 7) is 0. The molecule has 0 atom stereocenters. The fourth-order valence-corrected chi connectivity index (χ4v) is 5.60. The standard InChI is InChI=1S/C12H10N2O5.C12H8N2O4.C11H10N2O6/c1-13-9(15)5-3-6-7(4-8(5)12(18)19)11(17)14(2)10(6)16;1-13-9(15)5-3-7-8(4-6(5)10(13)16)12(18)14(2)11(7)17;1-13-9(15)5-2-4(8(12)14)6(10(16)17)3-7(5)11(18)19/h3-4H,1-2H3,(H,13,15)(H,18,19);3-4H,1-2H3;2-3H,1H3,(H2,12,14)(H,13,15)(H,16,17)(H,18,19). The predicted octanol–water partition coefficient (Wildman–Crippen LogP) is -1.50. The van der Waals surface area contributed by atoms with Crippen molar-refractivity contribution in [1.29, 1.82) is 0 Å². The molecule has 0 saturated heterocycles. The van der Waals surface area contributed by atoms with E-state index in [1.165, 1.54) is 47.4 Å². The molecule has 2 aromatic heterocycles. The molecule has 0 fully saturated rings. The zero-order chi connectivity index (χ0) is 42.2. The summed E-state index contributed by atoms with van der Waals surface area (Å²) in [6.07, 6.45) is 0. The number of rotatable bonds is 6. The van der Waals surface area contributed by atoms with Gasteiger partial charge < -0.3 is 31.7 Å². The Bertz CT molecular complexity index is 2680. The fraction of sp³-hybridized carbons (Fsp3) is 0.143. The van der Waals surface area contributed by atoms with E-state index in [-0.39, 0.29) is 49.4 Å². The van der Waals surface area contributed by atoms with E-state index in [0.717, 1.165) is 38.3 Å². The first-order chi connectivity index (χ1) is 26.1. The summed E-state index contributed by atoms with van der Waals surface area (Å²) in [4.78, 5) is 139. The quantitative estimate of drug-likeness (QED) is 0.107. The molecule has 21 heteroatoms. The Morgan fingerprint density at radius 3 is 1.09 bits per heavy atom.